The van der Waals surface area contributed by atoms with Crippen molar-refractivity contribution in [2.45, 2.75) is 13.8 Å². The van der Waals surface area contributed by atoms with E-state index in [1.54, 1.807) is 0 Å². The van der Waals surface area contributed by atoms with E-state index in [2.05, 4.69) is 5.32 Å². The fraction of sp³-hybridized carbons (Fsp3) is 0.750. The van der Waals surface area contributed by atoms with E-state index >= 15 is 0 Å². The van der Waals surface area contributed by atoms with Crippen molar-refractivity contribution in [2.75, 3.05) is 6.54 Å². The van der Waals surface area contributed by atoms with Crippen molar-refractivity contribution < 1.29 is 4.79 Å². The van der Waals surface area contributed by atoms with Gasteiger partial charge in [-0.05, 0) is 6.92 Å². The second kappa shape index (κ2) is 2.69. The molecule has 0 aliphatic heterocycles. The van der Waals surface area contributed by atoms with Gasteiger partial charge >= 0.3 is 0 Å². The summed E-state index contributed by atoms with van der Waals surface area (Å²) in [5.41, 5.74) is 0. The van der Waals surface area contributed by atoms with Crippen LogP contribution in [0.5, 0.6) is 0 Å². The molecule has 0 atom stereocenters. The van der Waals surface area contributed by atoms with Gasteiger partial charge in [-0.3, -0.25) is 4.79 Å². The highest BCUT2D eigenvalue weighted by atomic mass is 16.1. The average molecular weight is 89.1 g/mol. The van der Waals surface area contributed by atoms with Gasteiger partial charge in [0.25, 0.3) is 0 Å². The lowest BCUT2D eigenvalue weighted by molar-refractivity contribution is -0.118. The van der Waals surface area contributed by atoms with Crippen LogP contribution in [-0.4, -0.2) is 12.5 Å². The molecule has 0 aliphatic rings. The first kappa shape index (κ1) is 5.47. The zero-order chi connectivity index (χ0) is 4.99. The summed E-state index contributed by atoms with van der Waals surface area (Å²) in [6, 6.07) is 0. The monoisotopic (exact) mass is 89.1 g/mol. The summed E-state index contributed by atoms with van der Waals surface area (Å²) in [6.07, 6.45) is 0. The number of hydrogen-bond acceptors (Lipinski definition) is 1. The summed E-state index contributed by atoms with van der Waals surface area (Å²) >= 11 is 0. The van der Waals surface area contributed by atoms with Crippen molar-refractivity contribution in [3.05, 3.63) is 0 Å². The largest absolute Gasteiger partial charge is 0.357 e. The van der Waals surface area contributed by atoms with Crippen LogP contribution in [0.15, 0.2) is 0 Å². The molecule has 0 aliphatic carbocycles. The molecule has 0 saturated carbocycles. The van der Waals surface area contributed by atoms with Gasteiger partial charge in [0.15, 0.2) is 0 Å². The van der Waals surface area contributed by atoms with Gasteiger partial charge in [-0.1, -0.05) is 0 Å². The summed E-state index contributed by atoms with van der Waals surface area (Å²) in [5.74, 6) is 0.0394. The van der Waals surface area contributed by atoms with Crippen LogP contribution in [0.3, 0.4) is 0 Å². The van der Waals surface area contributed by atoms with E-state index < -0.39 is 0 Å². The number of nitrogens with one attached hydrogen (secondary N) is 1. The molecule has 0 radical (unpaired) electrons. The molecular weight excluding hydrogens is 80.0 g/mol. The summed E-state index contributed by atoms with van der Waals surface area (Å²) in [5, 5.41) is 2.57. The predicted molar refractivity (Wildman–Crippen MR) is 24.4 cm³/mol. The molecular formula is C4H9NO. The minimum Gasteiger partial charge on any atom is -0.357 e. The normalized spacial score (nSPS) is 7.67. The van der Waals surface area contributed by atoms with E-state index in [0.29, 0.717) is 0 Å². The molecule has 0 fully saturated rings. The minimum absolute atomic E-state index is 0.0394. The van der Waals surface area contributed by atoms with Crippen LogP contribution in [0, 0.1) is 0 Å². The van der Waals surface area contributed by atoms with E-state index in [0.717, 1.165) is 6.54 Å². The first-order valence-corrected chi connectivity index (χ1v) is 2.01. The van der Waals surface area contributed by atoms with Crippen LogP contribution in [-0.2, 0) is 4.79 Å². The Morgan fingerprint density at radius 2 is 2.33 bits per heavy atom. The van der Waals surface area contributed by atoms with Crippen LogP contribution in [0.25, 0.3) is 0 Å². The molecule has 0 aromatic carbocycles. The van der Waals surface area contributed by atoms with Crippen LogP contribution in [0.4, 0.5) is 0 Å². The molecule has 2 heteroatoms. The Hall–Kier alpha value is -0.530. The maximum absolute atomic E-state index is 9.93. The molecule has 6 heavy (non-hydrogen) atoms. The Morgan fingerprint density at radius 3 is 2.33 bits per heavy atom. The molecule has 36 valence electrons. The highest BCUT2D eigenvalue weighted by molar-refractivity contribution is 5.72. The fourth-order valence-corrected chi connectivity index (χ4v) is 0.249. The smallest absolute Gasteiger partial charge is 0.216 e. The number of carbonyl (C=O) groups excluding carboxylic acids is 1. The van der Waals surface area contributed by atoms with E-state index in [-0.39, 0.29) is 5.91 Å². The second-order valence-electron chi connectivity index (χ2n) is 1.09. The SMILES string of the molecule is CC(=O)N[13CH2][13CH3]. The molecule has 0 unspecified atom stereocenters. The van der Waals surface area contributed by atoms with Gasteiger partial charge in [0.05, 0.1) is 0 Å². The van der Waals surface area contributed by atoms with E-state index in [1.807, 2.05) is 6.92 Å². The van der Waals surface area contributed by atoms with Crippen LogP contribution in [0.1, 0.15) is 13.8 Å². The molecule has 0 saturated heterocycles. The molecule has 0 rings (SSSR count). The van der Waals surface area contributed by atoms with Gasteiger partial charge in [0.1, 0.15) is 0 Å². The van der Waals surface area contributed by atoms with Gasteiger partial charge in [0.2, 0.25) is 5.91 Å². The third kappa shape index (κ3) is 3.47. The minimum atomic E-state index is 0.0394. The highest BCUT2D eigenvalue weighted by Crippen LogP contribution is 1.54. The lowest BCUT2D eigenvalue weighted by atomic mass is 10.8. The molecule has 1 amide bonds. The maximum Gasteiger partial charge on any atom is 0.216 e. The molecule has 0 aromatic heterocycles. The van der Waals surface area contributed by atoms with Gasteiger partial charge in [-0.25, -0.2) is 0 Å². The molecule has 2 nitrogen and oxygen atoms in total. The van der Waals surface area contributed by atoms with Crippen LogP contribution < -0.4 is 5.32 Å². The zero-order valence-electron chi connectivity index (χ0n) is 4.12. The van der Waals surface area contributed by atoms with Gasteiger partial charge in [0, 0.05) is 13.5 Å². The molecule has 0 spiro atoms. The van der Waals surface area contributed by atoms with Crippen molar-refractivity contribution in [3.63, 3.8) is 0 Å². The third-order valence-corrected chi connectivity index (χ3v) is 0.426. The maximum atomic E-state index is 9.93. The van der Waals surface area contributed by atoms with Gasteiger partial charge in [-0.2, -0.15) is 0 Å². The number of hydrogen-bond donors (Lipinski definition) is 1. The van der Waals surface area contributed by atoms with Crippen LogP contribution in [0.2, 0.25) is 0 Å². The van der Waals surface area contributed by atoms with Crippen LogP contribution >= 0.6 is 0 Å². The third-order valence-electron chi connectivity index (χ3n) is 0.426. The standard InChI is InChI=1S/C4H9NO/c1-3-5-4(2)6/h3H2,1-2H3,(H,5,6)/i1+1,3+1. The van der Waals surface area contributed by atoms with E-state index in [4.69, 9.17) is 0 Å². The van der Waals surface area contributed by atoms with E-state index in [9.17, 15) is 4.79 Å². The van der Waals surface area contributed by atoms with Gasteiger partial charge in [-0.15, -0.1) is 0 Å². The van der Waals surface area contributed by atoms with Crippen molar-refractivity contribution in [2.24, 2.45) is 0 Å². The van der Waals surface area contributed by atoms with Crippen molar-refractivity contribution in [1.29, 1.82) is 0 Å². The molecule has 0 heterocycles. The summed E-state index contributed by atoms with van der Waals surface area (Å²) in [6.45, 7) is 4.13. The van der Waals surface area contributed by atoms with E-state index in [1.165, 1.54) is 6.92 Å². The Kier molecular flexibility index (Phi) is 2.46. The molecule has 0 aromatic rings. The molecule has 1 N–H and O–H groups in total. The fourth-order valence-electron chi connectivity index (χ4n) is 0.249. The Labute approximate surface area is 37.5 Å². The Morgan fingerprint density at radius 1 is 1.83 bits per heavy atom. The highest BCUT2D eigenvalue weighted by Gasteiger charge is 1.78. The first-order valence-electron chi connectivity index (χ1n) is 2.01. The number of amides is 1. The number of carbonyl (C=O) groups is 1. The quantitative estimate of drug-likeness (QED) is 0.455. The van der Waals surface area contributed by atoms with Gasteiger partial charge < -0.3 is 5.32 Å². The second-order valence-corrected chi connectivity index (χ2v) is 1.09. The number of rotatable bonds is 1. The van der Waals surface area contributed by atoms with Crippen molar-refractivity contribution in [3.8, 4) is 0 Å². The lowest BCUT2D eigenvalue weighted by Crippen LogP contribution is -2.18. The predicted octanol–water partition coefficient (Wildman–Crippen LogP) is 0.142. The Balaban J connectivity index is 2.83. The summed E-state index contributed by atoms with van der Waals surface area (Å²) in [4.78, 5) is 9.93. The van der Waals surface area contributed by atoms with Crippen molar-refractivity contribution in [1.82, 2.24) is 5.32 Å². The summed E-state index contributed by atoms with van der Waals surface area (Å²) < 4.78 is 0. The first-order chi connectivity index (χ1) is 2.77. The van der Waals surface area contributed by atoms with Crippen molar-refractivity contribution >= 4 is 5.91 Å². The average Bonchev–Trinajstić information content (AvgIpc) is 1.35. The lowest BCUT2D eigenvalue weighted by Gasteiger charge is -1.88. The molecule has 0 bridgehead atoms. The Bertz CT molecular complexity index is 51.5. The zero-order valence-corrected chi connectivity index (χ0v) is 4.12. The topological polar surface area (TPSA) is 29.1 Å². The summed E-state index contributed by atoms with van der Waals surface area (Å²) in [7, 11) is 0.